The van der Waals surface area contributed by atoms with Crippen molar-refractivity contribution in [3.63, 3.8) is 0 Å². The number of carbonyl (C=O) groups is 1. The van der Waals surface area contributed by atoms with E-state index in [0.717, 1.165) is 12.8 Å². The molecule has 0 saturated carbocycles. The van der Waals surface area contributed by atoms with Crippen LogP contribution in [-0.2, 0) is 0 Å². The van der Waals surface area contributed by atoms with Gasteiger partial charge in [-0.05, 0) is 25.0 Å². The smallest absolute Gasteiger partial charge is 0.355 e. The Hall–Kier alpha value is -1.45. The molecule has 0 spiro atoms. The van der Waals surface area contributed by atoms with E-state index >= 15 is 0 Å². The molecular formula is C20H35NO3. The normalized spacial score (nSPS) is 10.9. The van der Waals surface area contributed by atoms with Crippen molar-refractivity contribution < 1.29 is 14.7 Å². The lowest BCUT2D eigenvalue weighted by Gasteiger charge is -2.08. The molecule has 4 nitrogen and oxygen atoms in total. The Kier molecular flexibility index (Phi) is 12.0. The number of aromatic carboxylic acids is 1. The first kappa shape index (κ1) is 20.6. The largest absolute Gasteiger partial charge is 0.476 e. The molecule has 1 aromatic heterocycles. The molecule has 24 heavy (non-hydrogen) atoms. The lowest BCUT2D eigenvalue weighted by Crippen LogP contribution is -2.17. The summed E-state index contributed by atoms with van der Waals surface area (Å²) in [5.74, 6) is -0.953. The highest BCUT2D eigenvalue weighted by Gasteiger charge is 2.08. The molecule has 4 heteroatoms. The van der Waals surface area contributed by atoms with E-state index in [4.69, 9.17) is 9.94 Å². The van der Waals surface area contributed by atoms with Crippen LogP contribution >= 0.6 is 0 Å². The second kappa shape index (κ2) is 13.9. The molecule has 1 heterocycles. The second-order valence-electron chi connectivity index (χ2n) is 6.60. The van der Waals surface area contributed by atoms with E-state index in [1.165, 1.54) is 75.4 Å². The molecule has 0 aliphatic carbocycles. The number of unbranched alkanes of at least 4 members (excludes halogenated alkanes) is 12. The van der Waals surface area contributed by atoms with Crippen LogP contribution in [0.3, 0.4) is 0 Å². The third kappa shape index (κ3) is 9.64. The van der Waals surface area contributed by atoms with Crippen LogP contribution in [-0.4, -0.2) is 22.4 Å². The van der Waals surface area contributed by atoms with Crippen LogP contribution in [0.5, 0.6) is 0 Å². The molecule has 0 saturated heterocycles. The maximum absolute atomic E-state index is 10.9. The molecule has 0 aliphatic heterocycles. The molecule has 0 unspecified atom stereocenters. The Bertz CT molecular complexity index is 428. The third-order valence-electron chi connectivity index (χ3n) is 4.41. The lowest BCUT2D eigenvalue weighted by atomic mass is 10.0. The summed E-state index contributed by atoms with van der Waals surface area (Å²) in [6.07, 6.45) is 18.8. The first-order chi connectivity index (χ1) is 11.8. The summed E-state index contributed by atoms with van der Waals surface area (Å²) in [6.45, 7) is 2.84. The van der Waals surface area contributed by atoms with Crippen LogP contribution in [0, 0.1) is 0 Å². The minimum Gasteiger partial charge on any atom is -0.476 e. The van der Waals surface area contributed by atoms with Crippen molar-refractivity contribution in [3.05, 3.63) is 24.0 Å². The van der Waals surface area contributed by atoms with Crippen molar-refractivity contribution in [2.75, 3.05) is 6.61 Å². The van der Waals surface area contributed by atoms with Gasteiger partial charge in [0.15, 0.2) is 5.69 Å². The van der Waals surface area contributed by atoms with Gasteiger partial charge in [0.2, 0.25) is 0 Å². The highest BCUT2D eigenvalue weighted by Crippen LogP contribution is 2.12. The van der Waals surface area contributed by atoms with Gasteiger partial charge in [0.05, 0.1) is 0 Å². The SMILES string of the molecule is CCCCCCCCCCCCCCCOn1cccc1C(=O)O. The van der Waals surface area contributed by atoms with Gasteiger partial charge in [-0.15, -0.1) is 0 Å². The first-order valence-electron chi connectivity index (χ1n) is 9.79. The zero-order valence-corrected chi connectivity index (χ0v) is 15.3. The number of nitrogens with zero attached hydrogens (tertiary/aromatic N) is 1. The van der Waals surface area contributed by atoms with Gasteiger partial charge in [0.25, 0.3) is 0 Å². The Morgan fingerprint density at radius 1 is 0.917 bits per heavy atom. The maximum Gasteiger partial charge on any atom is 0.355 e. The first-order valence-corrected chi connectivity index (χ1v) is 9.79. The third-order valence-corrected chi connectivity index (χ3v) is 4.41. The highest BCUT2D eigenvalue weighted by molar-refractivity contribution is 5.85. The standard InChI is InChI=1S/C20H35NO3/c1-2-3-4-5-6-7-8-9-10-11-12-13-14-18-24-21-17-15-16-19(21)20(22)23/h15-17H,2-14,18H2,1H3,(H,22,23). The molecule has 1 aromatic rings. The summed E-state index contributed by atoms with van der Waals surface area (Å²) in [5, 5.41) is 8.97. The maximum atomic E-state index is 10.9. The number of carboxylic acid groups (broad SMARTS) is 1. The zero-order chi connectivity index (χ0) is 17.5. The van der Waals surface area contributed by atoms with Gasteiger partial charge < -0.3 is 9.94 Å². The average molecular weight is 338 g/mol. The minimum atomic E-state index is -0.953. The minimum absolute atomic E-state index is 0.185. The number of hydrogen-bond donors (Lipinski definition) is 1. The van der Waals surface area contributed by atoms with Crippen molar-refractivity contribution in [2.45, 2.75) is 90.4 Å². The Balaban J connectivity index is 1.84. The van der Waals surface area contributed by atoms with E-state index in [-0.39, 0.29) is 5.69 Å². The molecule has 0 atom stereocenters. The molecule has 0 radical (unpaired) electrons. The highest BCUT2D eigenvalue weighted by atomic mass is 16.7. The average Bonchev–Trinajstić information content (AvgIpc) is 3.04. The summed E-state index contributed by atoms with van der Waals surface area (Å²) in [5.41, 5.74) is 0.185. The van der Waals surface area contributed by atoms with Crippen molar-refractivity contribution in [2.24, 2.45) is 0 Å². The van der Waals surface area contributed by atoms with E-state index in [0.29, 0.717) is 6.61 Å². The van der Waals surface area contributed by atoms with Crippen LogP contribution in [0.4, 0.5) is 0 Å². The molecule has 0 aromatic carbocycles. The zero-order valence-electron chi connectivity index (χ0n) is 15.3. The quantitative estimate of drug-likeness (QED) is 0.393. The van der Waals surface area contributed by atoms with Crippen molar-refractivity contribution >= 4 is 5.97 Å². The van der Waals surface area contributed by atoms with Gasteiger partial charge in [-0.3, -0.25) is 0 Å². The van der Waals surface area contributed by atoms with E-state index in [1.54, 1.807) is 18.3 Å². The van der Waals surface area contributed by atoms with E-state index in [1.807, 2.05) is 0 Å². The summed E-state index contributed by atoms with van der Waals surface area (Å²) in [4.78, 5) is 16.4. The topological polar surface area (TPSA) is 51.5 Å². The van der Waals surface area contributed by atoms with Gasteiger partial charge in [-0.1, -0.05) is 77.6 Å². The predicted octanol–water partition coefficient (Wildman–Crippen LogP) is 5.71. The molecular weight excluding hydrogens is 302 g/mol. The molecule has 1 rings (SSSR count). The summed E-state index contributed by atoms with van der Waals surface area (Å²) in [6, 6.07) is 3.24. The number of aromatic nitrogens is 1. The van der Waals surface area contributed by atoms with E-state index < -0.39 is 5.97 Å². The molecule has 0 amide bonds. The number of rotatable bonds is 16. The van der Waals surface area contributed by atoms with Gasteiger partial charge in [0, 0.05) is 6.20 Å². The lowest BCUT2D eigenvalue weighted by molar-refractivity contribution is 0.0589. The fourth-order valence-electron chi connectivity index (χ4n) is 2.93. The summed E-state index contributed by atoms with van der Waals surface area (Å²) < 4.78 is 1.35. The van der Waals surface area contributed by atoms with Crippen LogP contribution in [0.1, 0.15) is 101 Å². The number of carboxylic acids is 1. The number of hydrogen-bond acceptors (Lipinski definition) is 2. The van der Waals surface area contributed by atoms with E-state index in [2.05, 4.69) is 6.92 Å². The fraction of sp³-hybridized carbons (Fsp3) is 0.750. The van der Waals surface area contributed by atoms with Gasteiger partial charge in [-0.2, -0.15) is 4.73 Å². The van der Waals surface area contributed by atoms with Crippen LogP contribution < -0.4 is 4.84 Å². The molecule has 138 valence electrons. The van der Waals surface area contributed by atoms with Crippen molar-refractivity contribution in [1.82, 2.24) is 4.73 Å². The van der Waals surface area contributed by atoms with Gasteiger partial charge in [-0.25, -0.2) is 4.79 Å². The summed E-state index contributed by atoms with van der Waals surface area (Å²) in [7, 11) is 0. The Labute approximate surface area is 147 Å². The molecule has 0 bridgehead atoms. The molecule has 0 fully saturated rings. The van der Waals surface area contributed by atoms with Gasteiger partial charge in [0.1, 0.15) is 6.61 Å². The van der Waals surface area contributed by atoms with E-state index in [9.17, 15) is 4.79 Å². The second-order valence-corrected chi connectivity index (χ2v) is 6.60. The Morgan fingerprint density at radius 3 is 1.92 bits per heavy atom. The van der Waals surface area contributed by atoms with Crippen molar-refractivity contribution in [3.8, 4) is 0 Å². The van der Waals surface area contributed by atoms with Crippen LogP contribution in [0.25, 0.3) is 0 Å². The molecule has 0 aliphatic rings. The van der Waals surface area contributed by atoms with Crippen molar-refractivity contribution in [1.29, 1.82) is 0 Å². The monoisotopic (exact) mass is 337 g/mol. The van der Waals surface area contributed by atoms with Crippen LogP contribution in [0.15, 0.2) is 18.3 Å². The predicted molar refractivity (Wildman–Crippen MR) is 98.5 cm³/mol. The fourth-order valence-corrected chi connectivity index (χ4v) is 2.93. The van der Waals surface area contributed by atoms with Crippen LogP contribution in [0.2, 0.25) is 0 Å². The Morgan fingerprint density at radius 2 is 1.42 bits per heavy atom. The van der Waals surface area contributed by atoms with Gasteiger partial charge >= 0.3 is 5.97 Å². The molecule has 1 N–H and O–H groups in total. The summed E-state index contributed by atoms with van der Waals surface area (Å²) >= 11 is 0.